The van der Waals surface area contributed by atoms with E-state index in [1.165, 1.54) is 43.5 Å². The Labute approximate surface area is 192 Å². The summed E-state index contributed by atoms with van der Waals surface area (Å²) in [4.78, 5) is 11.4. The molecule has 3 aliphatic rings. The van der Waals surface area contributed by atoms with E-state index in [-0.39, 0.29) is 11.5 Å². The maximum atomic E-state index is 10.8. The van der Waals surface area contributed by atoms with E-state index < -0.39 is 5.97 Å². The predicted octanol–water partition coefficient (Wildman–Crippen LogP) is 5.91. The number of unbranched alkanes of at least 4 members (excludes halogenated alkanes) is 3. The number of carboxylic acids is 1. The van der Waals surface area contributed by atoms with Gasteiger partial charge in [0.25, 0.3) is 0 Å². The molecule has 0 bridgehead atoms. The first-order valence-corrected chi connectivity index (χ1v) is 13.3. The fraction of sp³-hybridized carbons (Fsp3) is 0.731. The molecule has 2 saturated carbocycles. The molecule has 0 spiro atoms. The minimum Gasteiger partial charge on any atom is -0.481 e. The third kappa shape index (κ3) is 7.16. The van der Waals surface area contributed by atoms with Crippen LogP contribution in [0.4, 0.5) is 0 Å². The van der Waals surface area contributed by atoms with Crippen molar-refractivity contribution in [3.63, 3.8) is 0 Å². The van der Waals surface area contributed by atoms with Crippen molar-refractivity contribution >= 4 is 17.3 Å². The Hall–Kier alpha value is -1.17. The Kier molecular flexibility index (Phi) is 9.61. The van der Waals surface area contributed by atoms with Gasteiger partial charge in [-0.1, -0.05) is 50.8 Å². The lowest BCUT2D eigenvalue weighted by atomic mass is 9.63. The van der Waals surface area contributed by atoms with E-state index in [4.69, 9.17) is 5.11 Å². The van der Waals surface area contributed by atoms with Crippen molar-refractivity contribution in [2.45, 2.75) is 102 Å². The van der Waals surface area contributed by atoms with Crippen LogP contribution in [0.5, 0.6) is 0 Å². The second-order valence-corrected chi connectivity index (χ2v) is 10.7. The summed E-state index contributed by atoms with van der Waals surface area (Å²) in [6, 6.07) is 5.15. The summed E-state index contributed by atoms with van der Waals surface area (Å²) in [6.45, 7) is 3.35. The highest BCUT2D eigenvalue weighted by atomic mass is 32.1. The third-order valence-corrected chi connectivity index (χ3v) is 8.52. The van der Waals surface area contributed by atoms with Crippen molar-refractivity contribution < 1.29 is 15.0 Å². The fourth-order valence-electron chi connectivity index (χ4n) is 5.19. The maximum absolute atomic E-state index is 10.8. The summed E-state index contributed by atoms with van der Waals surface area (Å²) in [7, 11) is 0. The van der Waals surface area contributed by atoms with Crippen molar-refractivity contribution in [2.75, 3.05) is 6.54 Å². The summed E-state index contributed by atoms with van der Waals surface area (Å²) < 4.78 is 0. The van der Waals surface area contributed by atoms with Crippen molar-refractivity contribution in [1.29, 1.82) is 0 Å². The number of carbonyl (C=O) groups is 1. The molecule has 2 heterocycles. The van der Waals surface area contributed by atoms with E-state index in [2.05, 4.69) is 41.9 Å². The number of hydrogen-bond acceptors (Lipinski definition) is 4. The van der Waals surface area contributed by atoms with Gasteiger partial charge >= 0.3 is 5.97 Å². The Morgan fingerprint density at radius 2 is 2.13 bits per heavy atom. The van der Waals surface area contributed by atoms with Crippen LogP contribution in [0.2, 0.25) is 0 Å². The number of allylic oxidation sites excluding steroid dienone is 1. The van der Waals surface area contributed by atoms with Gasteiger partial charge in [0.15, 0.2) is 0 Å². The number of aliphatic hydroxyl groups excluding tert-OH is 1. The first-order valence-electron chi connectivity index (χ1n) is 12.4. The molecule has 1 aromatic heterocycles. The molecule has 3 N–H and O–H groups in total. The zero-order valence-electron chi connectivity index (χ0n) is 19.1. The first kappa shape index (κ1) is 24.5. The minimum atomic E-state index is -0.675. The van der Waals surface area contributed by atoms with Gasteiger partial charge in [-0.2, -0.15) is 0 Å². The lowest BCUT2D eigenvalue weighted by Gasteiger charge is -2.44. The molecule has 174 valence electrons. The minimum absolute atomic E-state index is 0.0641. The van der Waals surface area contributed by atoms with Crippen LogP contribution in [-0.2, 0) is 10.2 Å². The summed E-state index contributed by atoms with van der Waals surface area (Å²) in [5.74, 6) is 0.980. The van der Waals surface area contributed by atoms with Gasteiger partial charge in [-0.05, 0) is 68.2 Å². The molecule has 1 aliphatic heterocycles. The fourth-order valence-corrected chi connectivity index (χ4v) is 6.22. The second kappa shape index (κ2) is 12.2. The molecule has 4 nitrogen and oxygen atoms in total. The van der Waals surface area contributed by atoms with E-state index in [9.17, 15) is 9.90 Å². The number of carboxylic acid groups (broad SMARTS) is 1. The van der Waals surface area contributed by atoms with Gasteiger partial charge in [0.1, 0.15) is 0 Å². The van der Waals surface area contributed by atoms with Gasteiger partial charge in [0.05, 0.1) is 6.10 Å². The average Bonchev–Trinajstić information content (AvgIpc) is 3.21. The lowest BCUT2D eigenvalue weighted by Crippen LogP contribution is -2.44. The topological polar surface area (TPSA) is 79.5 Å². The van der Waals surface area contributed by atoms with Crippen molar-refractivity contribution in [2.24, 2.45) is 11.8 Å². The van der Waals surface area contributed by atoms with Crippen LogP contribution in [0.3, 0.4) is 0 Å². The summed E-state index contributed by atoms with van der Waals surface area (Å²) >= 11 is 1.81. The summed E-state index contributed by atoms with van der Waals surface area (Å²) in [5, 5.41) is 24.6. The number of hydrogen-bond donors (Lipinski definition) is 3. The molecule has 31 heavy (non-hydrogen) atoms. The van der Waals surface area contributed by atoms with Crippen LogP contribution in [0.1, 0.15) is 88.9 Å². The Balaban J connectivity index is 0.000000259. The van der Waals surface area contributed by atoms with E-state index in [0.29, 0.717) is 6.42 Å². The van der Waals surface area contributed by atoms with E-state index >= 15 is 0 Å². The van der Waals surface area contributed by atoms with Gasteiger partial charge in [0, 0.05) is 29.3 Å². The monoisotopic (exact) mass is 447 g/mol. The molecule has 0 aromatic carbocycles. The molecule has 1 aromatic rings. The van der Waals surface area contributed by atoms with E-state index in [1.807, 2.05) is 11.3 Å². The lowest BCUT2D eigenvalue weighted by molar-refractivity contribution is -0.137. The highest BCUT2D eigenvalue weighted by Gasteiger charge is 2.45. The third-order valence-electron chi connectivity index (χ3n) is 7.43. The summed E-state index contributed by atoms with van der Waals surface area (Å²) in [5.41, 5.74) is 0.0641. The second-order valence-electron chi connectivity index (χ2n) is 9.72. The molecule has 2 aliphatic carbocycles. The van der Waals surface area contributed by atoms with Gasteiger partial charge in [-0.15, -0.1) is 11.3 Å². The standard InChI is InChI=1S/C19H27NOS.C7H14O2/c21-17(19(9-3-10-19)18-6-2-11-22-18)5-1-4-14-7-8-15(12-14)16-13-20-16;1-2-3-4-5-6-7(8)9/h1-2,4,6,11,14-17,20-21H,3,5,7-10,12-13H2;2-6H2,1H3,(H,8,9)/b4-1+;/t14-,15?,16?,17?;/m0./s1. The number of thiophene rings is 1. The predicted molar refractivity (Wildman–Crippen MR) is 129 cm³/mol. The Morgan fingerprint density at radius 3 is 2.71 bits per heavy atom. The SMILES string of the molecule is CCCCCCC(=O)O.OC(C/C=C/[C@H]1CCC(C2CN2)C1)C1(c2cccs2)CCC1. The molecular formula is C26H41NO3S. The van der Waals surface area contributed by atoms with Gasteiger partial charge in [-0.25, -0.2) is 0 Å². The van der Waals surface area contributed by atoms with Crippen LogP contribution in [0, 0.1) is 11.8 Å². The molecule has 4 rings (SSSR count). The molecule has 5 heteroatoms. The van der Waals surface area contributed by atoms with Gasteiger partial charge in [-0.3, -0.25) is 4.79 Å². The van der Waals surface area contributed by atoms with Crippen molar-refractivity contribution in [3.05, 3.63) is 34.5 Å². The number of aliphatic carboxylic acids is 1. The molecular weight excluding hydrogens is 406 g/mol. The number of nitrogens with one attached hydrogen (secondary N) is 1. The zero-order valence-corrected chi connectivity index (χ0v) is 19.9. The smallest absolute Gasteiger partial charge is 0.303 e. The molecule has 3 unspecified atom stereocenters. The van der Waals surface area contributed by atoms with Crippen LogP contribution < -0.4 is 5.32 Å². The largest absolute Gasteiger partial charge is 0.481 e. The van der Waals surface area contributed by atoms with Crippen LogP contribution in [0.15, 0.2) is 29.7 Å². The van der Waals surface area contributed by atoms with Crippen molar-refractivity contribution in [1.82, 2.24) is 5.32 Å². The molecule has 3 fully saturated rings. The Morgan fingerprint density at radius 1 is 1.32 bits per heavy atom. The quantitative estimate of drug-likeness (QED) is 0.224. The van der Waals surface area contributed by atoms with E-state index in [1.54, 1.807) is 0 Å². The zero-order chi connectivity index (χ0) is 22.1. The number of rotatable bonds is 11. The van der Waals surface area contributed by atoms with Gasteiger partial charge in [0.2, 0.25) is 0 Å². The molecule has 1 saturated heterocycles. The molecule has 4 atom stereocenters. The van der Waals surface area contributed by atoms with Crippen molar-refractivity contribution in [3.8, 4) is 0 Å². The van der Waals surface area contributed by atoms with Crippen LogP contribution in [0.25, 0.3) is 0 Å². The normalized spacial score (nSPS) is 27.4. The van der Waals surface area contributed by atoms with Crippen LogP contribution in [-0.4, -0.2) is 34.9 Å². The molecule has 0 amide bonds. The average molecular weight is 448 g/mol. The molecule has 0 radical (unpaired) electrons. The van der Waals surface area contributed by atoms with Gasteiger partial charge < -0.3 is 15.5 Å². The number of aliphatic hydroxyl groups is 1. The highest BCUT2D eigenvalue weighted by molar-refractivity contribution is 7.10. The van der Waals surface area contributed by atoms with Crippen LogP contribution >= 0.6 is 11.3 Å². The Bertz CT molecular complexity index is 679. The maximum Gasteiger partial charge on any atom is 0.303 e. The first-order chi connectivity index (χ1) is 15.0. The summed E-state index contributed by atoms with van der Waals surface area (Å²) in [6.07, 6.45) is 17.5. The van der Waals surface area contributed by atoms with E-state index in [0.717, 1.165) is 56.4 Å². The highest BCUT2D eigenvalue weighted by Crippen LogP contribution is 2.49.